The van der Waals surface area contributed by atoms with Gasteiger partial charge in [-0.15, -0.1) is 0 Å². The fourth-order valence-corrected chi connectivity index (χ4v) is 1.95. The van der Waals surface area contributed by atoms with Crippen molar-refractivity contribution in [2.75, 3.05) is 11.9 Å². The van der Waals surface area contributed by atoms with Gasteiger partial charge >= 0.3 is 0 Å². The van der Waals surface area contributed by atoms with Crippen molar-refractivity contribution in [1.29, 1.82) is 0 Å². The van der Waals surface area contributed by atoms with Crippen molar-refractivity contribution in [2.24, 2.45) is 0 Å². The van der Waals surface area contributed by atoms with Crippen LogP contribution in [0.2, 0.25) is 0 Å². The summed E-state index contributed by atoms with van der Waals surface area (Å²) in [7, 11) is 0. The van der Waals surface area contributed by atoms with Gasteiger partial charge < -0.3 is 15.6 Å². The molecule has 6 nitrogen and oxygen atoms in total. The van der Waals surface area contributed by atoms with Crippen molar-refractivity contribution in [3.8, 4) is 0 Å². The number of aryl methyl sites for hydroxylation is 1. The second-order valence-electron chi connectivity index (χ2n) is 4.76. The van der Waals surface area contributed by atoms with Gasteiger partial charge in [-0.25, -0.2) is 4.98 Å². The molecule has 0 aliphatic heterocycles. The fourth-order valence-electron chi connectivity index (χ4n) is 1.95. The zero-order valence-corrected chi connectivity index (χ0v) is 12.1. The number of hydrogen-bond acceptors (Lipinski definition) is 3. The highest BCUT2D eigenvalue weighted by molar-refractivity contribution is 5.96. The van der Waals surface area contributed by atoms with Crippen LogP contribution in [-0.4, -0.2) is 28.3 Å². The van der Waals surface area contributed by atoms with Crippen LogP contribution in [0.3, 0.4) is 0 Å². The summed E-state index contributed by atoms with van der Waals surface area (Å²) < 4.78 is 0. The monoisotopic (exact) mass is 286 g/mol. The molecule has 1 aromatic carbocycles. The number of anilines is 1. The molecule has 2 aromatic rings. The van der Waals surface area contributed by atoms with Crippen molar-refractivity contribution in [2.45, 2.75) is 20.3 Å². The second-order valence-corrected chi connectivity index (χ2v) is 4.76. The van der Waals surface area contributed by atoms with Gasteiger partial charge in [-0.3, -0.25) is 9.59 Å². The maximum atomic E-state index is 12.0. The first-order valence-electron chi connectivity index (χ1n) is 6.71. The first kappa shape index (κ1) is 14.8. The van der Waals surface area contributed by atoms with Crippen molar-refractivity contribution in [1.82, 2.24) is 15.3 Å². The Morgan fingerprint density at radius 3 is 2.81 bits per heavy atom. The number of imidazole rings is 1. The molecule has 0 unspecified atom stereocenters. The minimum absolute atomic E-state index is 0.165. The molecule has 0 aliphatic carbocycles. The van der Waals surface area contributed by atoms with E-state index in [-0.39, 0.29) is 11.8 Å². The number of aromatic amines is 1. The van der Waals surface area contributed by atoms with Gasteiger partial charge in [0.25, 0.3) is 5.91 Å². The third-order valence-electron chi connectivity index (χ3n) is 2.88. The summed E-state index contributed by atoms with van der Waals surface area (Å²) in [5, 5.41) is 5.49. The van der Waals surface area contributed by atoms with Crippen LogP contribution in [0, 0.1) is 6.92 Å². The van der Waals surface area contributed by atoms with Crippen LogP contribution in [0.1, 0.15) is 28.8 Å². The SMILES string of the molecule is CC(=O)Nc1cccc(C(=O)NCCc2cnc(C)[nH]2)c1. The predicted octanol–water partition coefficient (Wildman–Crippen LogP) is 1.65. The molecule has 0 fully saturated rings. The molecule has 0 saturated carbocycles. The third-order valence-corrected chi connectivity index (χ3v) is 2.88. The van der Waals surface area contributed by atoms with Gasteiger partial charge in [-0.2, -0.15) is 0 Å². The molecule has 0 saturated heterocycles. The van der Waals surface area contributed by atoms with Crippen molar-refractivity contribution >= 4 is 17.5 Å². The lowest BCUT2D eigenvalue weighted by Gasteiger charge is -2.07. The topological polar surface area (TPSA) is 86.9 Å². The molecule has 21 heavy (non-hydrogen) atoms. The van der Waals surface area contributed by atoms with E-state index in [1.54, 1.807) is 30.5 Å². The van der Waals surface area contributed by atoms with Crippen molar-refractivity contribution in [3.05, 3.63) is 47.5 Å². The lowest BCUT2D eigenvalue weighted by atomic mass is 10.2. The molecular formula is C15H18N4O2. The number of carbonyl (C=O) groups is 2. The molecule has 3 N–H and O–H groups in total. The molecule has 110 valence electrons. The Morgan fingerprint density at radius 2 is 2.14 bits per heavy atom. The molecular weight excluding hydrogens is 268 g/mol. The highest BCUT2D eigenvalue weighted by Crippen LogP contribution is 2.10. The van der Waals surface area contributed by atoms with Gasteiger partial charge in [0.15, 0.2) is 0 Å². The van der Waals surface area contributed by atoms with Crippen molar-refractivity contribution < 1.29 is 9.59 Å². The Hall–Kier alpha value is -2.63. The molecule has 0 atom stereocenters. The zero-order valence-electron chi connectivity index (χ0n) is 12.1. The number of hydrogen-bond donors (Lipinski definition) is 3. The number of rotatable bonds is 5. The van der Waals surface area contributed by atoms with Gasteiger partial charge in [0.05, 0.1) is 0 Å². The van der Waals surface area contributed by atoms with Gasteiger partial charge in [-0.05, 0) is 25.1 Å². The number of benzene rings is 1. The van der Waals surface area contributed by atoms with Crippen LogP contribution in [-0.2, 0) is 11.2 Å². The Bertz CT molecular complexity index is 649. The maximum Gasteiger partial charge on any atom is 0.251 e. The van der Waals surface area contributed by atoms with E-state index in [0.717, 1.165) is 11.5 Å². The van der Waals surface area contributed by atoms with E-state index in [9.17, 15) is 9.59 Å². The van der Waals surface area contributed by atoms with Gasteiger partial charge in [0.1, 0.15) is 5.82 Å². The molecule has 0 radical (unpaired) electrons. The van der Waals surface area contributed by atoms with E-state index >= 15 is 0 Å². The predicted molar refractivity (Wildman–Crippen MR) is 80.1 cm³/mol. The fraction of sp³-hybridized carbons (Fsp3) is 0.267. The van der Waals surface area contributed by atoms with Crippen LogP contribution in [0.25, 0.3) is 0 Å². The van der Waals surface area contributed by atoms with E-state index in [2.05, 4.69) is 20.6 Å². The molecule has 2 rings (SSSR count). The Labute approximate surface area is 123 Å². The first-order valence-corrected chi connectivity index (χ1v) is 6.71. The van der Waals surface area contributed by atoms with Crippen molar-refractivity contribution in [3.63, 3.8) is 0 Å². The molecule has 2 amide bonds. The van der Waals surface area contributed by atoms with Gasteiger partial charge in [0.2, 0.25) is 5.91 Å². The van der Waals surface area contributed by atoms with Crippen LogP contribution < -0.4 is 10.6 Å². The van der Waals surface area contributed by atoms with Crippen LogP contribution in [0.15, 0.2) is 30.5 Å². The molecule has 0 spiro atoms. The molecule has 1 heterocycles. The number of amides is 2. The third kappa shape index (κ3) is 4.45. The maximum absolute atomic E-state index is 12.0. The number of carbonyl (C=O) groups excluding carboxylic acids is 2. The Balaban J connectivity index is 1.89. The Kier molecular flexibility index (Phi) is 4.71. The summed E-state index contributed by atoms with van der Waals surface area (Å²) in [6, 6.07) is 6.84. The molecule has 6 heteroatoms. The number of nitrogens with zero attached hydrogens (tertiary/aromatic N) is 1. The Morgan fingerprint density at radius 1 is 1.33 bits per heavy atom. The summed E-state index contributed by atoms with van der Waals surface area (Å²) in [5.41, 5.74) is 2.11. The van der Waals surface area contributed by atoms with Crippen LogP contribution in [0.4, 0.5) is 5.69 Å². The highest BCUT2D eigenvalue weighted by atomic mass is 16.2. The van der Waals surface area contributed by atoms with E-state index in [4.69, 9.17) is 0 Å². The summed E-state index contributed by atoms with van der Waals surface area (Å²) in [6.45, 7) is 3.83. The van der Waals surface area contributed by atoms with Crippen LogP contribution in [0.5, 0.6) is 0 Å². The summed E-state index contributed by atoms with van der Waals surface area (Å²) in [5.74, 6) is 0.528. The van der Waals surface area contributed by atoms with E-state index in [0.29, 0.717) is 24.2 Å². The number of nitrogens with one attached hydrogen (secondary N) is 3. The smallest absolute Gasteiger partial charge is 0.251 e. The quantitative estimate of drug-likeness (QED) is 0.781. The van der Waals surface area contributed by atoms with Gasteiger partial charge in [0, 0.05) is 43.0 Å². The molecule has 0 bridgehead atoms. The van der Waals surface area contributed by atoms with E-state index in [1.807, 2.05) is 6.92 Å². The van der Waals surface area contributed by atoms with Crippen LogP contribution >= 0.6 is 0 Å². The average Bonchev–Trinajstić information content (AvgIpc) is 2.84. The lowest BCUT2D eigenvalue weighted by Crippen LogP contribution is -2.25. The number of H-pyrrole nitrogens is 1. The molecule has 0 aliphatic rings. The summed E-state index contributed by atoms with van der Waals surface area (Å²) in [4.78, 5) is 30.2. The molecule has 1 aromatic heterocycles. The largest absolute Gasteiger partial charge is 0.352 e. The zero-order chi connectivity index (χ0) is 15.2. The van der Waals surface area contributed by atoms with Gasteiger partial charge in [-0.1, -0.05) is 6.07 Å². The standard InChI is InChI=1S/C15H18N4O2/c1-10-17-9-14(18-10)6-7-16-15(21)12-4-3-5-13(8-12)19-11(2)20/h3-5,8-9H,6-7H2,1-2H3,(H,16,21)(H,17,18)(H,19,20). The lowest BCUT2D eigenvalue weighted by molar-refractivity contribution is -0.114. The summed E-state index contributed by atoms with van der Waals surface area (Å²) in [6.07, 6.45) is 2.46. The second kappa shape index (κ2) is 6.69. The highest BCUT2D eigenvalue weighted by Gasteiger charge is 2.06. The number of aromatic nitrogens is 2. The van der Waals surface area contributed by atoms with E-state index in [1.165, 1.54) is 6.92 Å². The van der Waals surface area contributed by atoms with E-state index < -0.39 is 0 Å². The minimum atomic E-state index is -0.168. The normalized spacial score (nSPS) is 10.2. The average molecular weight is 286 g/mol. The first-order chi connectivity index (χ1) is 10.0. The summed E-state index contributed by atoms with van der Waals surface area (Å²) >= 11 is 0. The minimum Gasteiger partial charge on any atom is -0.352 e.